The quantitative estimate of drug-likeness (QED) is 0.665. The lowest BCUT2D eigenvalue weighted by Crippen LogP contribution is -2.43. The van der Waals surface area contributed by atoms with E-state index in [2.05, 4.69) is 18.7 Å². The normalized spacial score (nSPS) is 16.5. The number of phenols is 1. The van der Waals surface area contributed by atoms with Crippen LogP contribution in [0.25, 0.3) is 0 Å². The fourth-order valence-corrected chi connectivity index (χ4v) is 3.41. The lowest BCUT2D eigenvalue weighted by atomic mass is 10.0. The molecule has 5 nitrogen and oxygen atoms in total. The van der Waals surface area contributed by atoms with E-state index in [4.69, 9.17) is 9.47 Å². The maximum Gasteiger partial charge on any atom is 0.341 e. The molecule has 1 heterocycles. The number of phenolic OH excluding ortho intramolecular Hbond substituents is 1. The Balaban J connectivity index is 2.02. The first-order chi connectivity index (χ1) is 12.5. The molecule has 0 radical (unpaired) electrons. The molecule has 0 aliphatic carbocycles. The van der Waals surface area contributed by atoms with Gasteiger partial charge in [0.2, 0.25) is 0 Å². The van der Waals surface area contributed by atoms with Crippen LogP contribution in [0.5, 0.6) is 11.5 Å². The summed E-state index contributed by atoms with van der Waals surface area (Å²) in [6, 6.07) is 4.80. The van der Waals surface area contributed by atoms with Crippen molar-refractivity contribution in [2.24, 2.45) is 5.92 Å². The van der Waals surface area contributed by atoms with Crippen molar-refractivity contribution in [2.75, 3.05) is 26.3 Å². The lowest BCUT2D eigenvalue weighted by Gasteiger charge is -2.35. The van der Waals surface area contributed by atoms with Gasteiger partial charge >= 0.3 is 5.97 Å². The van der Waals surface area contributed by atoms with Crippen LogP contribution in [0.2, 0.25) is 0 Å². The Labute approximate surface area is 157 Å². The predicted octanol–water partition coefficient (Wildman–Crippen LogP) is 4.24. The zero-order chi connectivity index (χ0) is 18.9. The fourth-order valence-electron chi connectivity index (χ4n) is 3.41. The Bertz CT molecular complexity index is 567. The van der Waals surface area contributed by atoms with Crippen LogP contribution in [0.15, 0.2) is 18.2 Å². The van der Waals surface area contributed by atoms with Crippen LogP contribution in [0.1, 0.15) is 63.2 Å². The van der Waals surface area contributed by atoms with Crippen LogP contribution < -0.4 is 4.74 Å². The lowest BCUT2D eigenvalue weighted by molar-refractivity contribution is 0.0280. The summed E-state index contributed by atoms with van der Waals surface area (Å²) < 4.78 is 11.3. The zero-order valence-corrected chi connectivity index (χ0v) is 16.4. The van der Waals surface area contributed by atoms with Gasteiger partial charge < -0.3 is 14.6 Å². The van der Waals surface area contributed by atoms with E-state index in [0.717, 1.165) is 25.9 Å². The van der Waals surface area contributed by atoms with Crippen LogP contribution in [-0.2, 0) is 4.74 Å². The van der Waals surface area contributed by atoms with Gasteiger partial charge in [0.05, 0.1) is 6.61 Å². The number of hydrogen-bond donors (Lipinski definition) is 1. The van der Waals surface area contributed by atoms with E-state index in [1.54, 1.807) is 6.07 Å². The van der Waals surface area contributed by atoms with E-state index in [9.17, 15) is 9.90 Å². The van der Waals surface area contributed by atoms with Gasteiger partial charge in [0.15, 0.2) is 0 Å². The number of rotatable bonds is 9. The van der Waals surface area contributed by atoms with Crippen LogP contribution in [0, 0.1) is 5.92 Å². The van der Waals surface area contributed by atoms with E-state index in [0.29, 0.717) is 30.4 Å². The Hall–Kier alpha value is -1.75. The van der Waals surface area contributed by atoms with Crippen LogP contribution >= 0.6 is 0 Å². The molecule has 1 aromatic carbocycles. The zero-order valence-electron chi connectivity index (χ0n) is 16.4. The summed E-state index contributed by atoms with van der Waals surface area (Å²) in [5, 5.41) is 9.67. The van der Waals surface area contributed by atoms with Gasteiger partial charge in [-0.15, -0.1) is 0 Å². The molecule has 1 aliphatic rings. The van der Waals surface area contributed by atoms with Crippen molar-refractivity contribution in [3.63, 3.8) is 0 Å². The number of benzene rings is 1. The van der Waals surface area contributed by atoms with Crippen molar-refractivity contribution in [3.05, 3.63) is 23.8 Å². The average Bonchev–Trinajstić information content (AvgIpc) is 2.63. The Kier molecular flexibility index (Phi) is 8.23. The summed E-state index contributed by atoms with van der Waals surface area (Å²) in [5.41, 5.74) is 0.373. The first-order valence-corrected chi connectivity index (χ1v) is 9.88. The second-order valence-electron chi connectivity index (χ2n) is 7.51. The minimum atomic E-state index is -0.387. The van der Waals surface area contributed by atoms with Gasteiger partial charge in [0.25, 0.3) is 0 Å². The van der Waals surface area contributed by atoms with Gasteiger partial charge in [-0.05, 0) is 56.8 Å². The number of nitrogens with zero attached hydrogens (tertiary/aromatic N) is 1. The Morgan fingerprint density at radius 1 is 1.23 bits per heavy atom. The Morgan fingerprint density at radius 2 is 1.96 bits per heavy atom. The van der Waals surface area contributed by atoms with Crippen LogP contribution in [-0.4, -0.2) is 48.3 Å². The molecule has 146 valence electrons. The highest BCUT2D eigenvalue weighted by Gasteiger charge is 2.24. The predicted molar refractivity (Wildman–Crippen MR) is 103 cm³/mol. The summed E-state index contributed by atoms with van der Waals surface area (Å²) in [6.07, 6.45) is 5.57. The van der Waals surface area contributed by atoms with Crippen molar-refractivity contribution >= 4 is 5.97 Å². The number of carbonyl (C=O) groups is 1. The smallest absolute Gasteiger partial charge is 0.341 e. The molecule has 1 aromatic rings. The molecule has 0 spiro atoms. The average molecular weight is 363 g/mol. The van der Waals surface area contributed by atoms with Gasteiger partial charge in [-0.2, -0.15) is 0 Å². The summed E-state index contributed by atoms with van der Waals surface area (Å²) in [7, 11) is 0. The molecule has 1 N–H and O–H groups in total. The molecule has 1 atom stereocenters. The van der Waals surface area contributed by atoms with E-state index < -0.39 is 0 Å². The van der Waals surface area contributed by atoms with Gasteiger partial charge in [-0.25, -0.2) is 4.79 Å². The van der Waals surface area contributed by atoms with E-state index in [-0.39, 0.29) is 17.8 Å². The molecule has 1 aliphatic heterocycles. The highest BCUT2D eigenvalue weighted by Crippen LogP contribution is 2.26. The maximum atomic E-state index is 12.6. The van der Waals surface area contributed by atoms with E-state index in [1.165, 1.54) is 31.4 Å². The van der Waals surface area contributed by atoms with E-state index in [1.807, 2.05) is 6.92 Å². The minimum Gasteiger partial charge on any atom is -0.508 e. The second-order valence-corrected chi connectivity index (χ2v) is 7.51. The highest BCUT2D eigenvalue weighted by molar-refractivity contribution is 5.92. The number of piperidine rings is 1. The third kappa shape index (κ3) is 6.20. The van der Waals surface area contributed by atoms with Crippen molar-refractivity contribution in [2.45, 2.75) is 58.9 Å². The van der Waals surface area contributed by atoms with Crippen molar-refractivity contribution < 1.29 is 19.4 Å². The summed E-state index contributed by atoms with van der Waals surface area (Å²) in [4.78, 5) is 15.1. The molecule has 0 amide bonds. The topological polar surface area (TPSA) is 59.0 Å². The number of hydrogen-bond acceptors (Lipinski definition) is 5. The Morgan fingerprint density at radius 3 is 2.62 bits per heavy atom. The molecule has 1 fully saturated rings. The molecule has 5 heteroatoms. The maximum absolute atomic E-state index is 12.6. The largest absolute Gasteiger partial charge is 0.508 e. The number of carbonyl (C=O) groups excluding carboxylic acids is 1. The molecule has 0 saturated carbocycles. The first-order valence-electron chi connectivity index (χ1n) is 9.88. The van der Waals surface area contributed by atoms with Gasteiger partial charge in [-0.1, -0.05) is 27.2 Å². The number of aromatic hydroxyl groups is 1. The van der Waals surface area contributed by atoms with Gasteiger partial charge in [-0.3, -0.25) is 4.90 Å². The SMILES string of the molecule is CCCOc1cc(O)ccc1C(=O)OC[C@H](CC(C)C)N1CCCCC1. The van der Waals surface area contributed by atoms with Crippen LogP contribution in [0.3, 0.4) is 0 Å². The summed E-state index contributed by atoms with van der Waals surface area (Å²) >= 11 is 0. The van der Waals surface area contributed by atoms with Gasteiger partial charge in [0.1, 0.15) is 23.7 Å². The standard InChI is InChI=1S/C21H33NO4/c1-4-12-25-20-14-18(23)8-9-19(20)21(24)26-15-17(13-16(2)3)22-10-6-5-7-11-22/h8-9,14,16-17,23H,4-7,10-13,15H2,1-3H3/t17-/m0/s1. The molecule has 0 unspecified atom stereocenters. The summed E-state index contributed by atoms with van der Waals surface area (Å²) in [6.45, 7) is 9.46. The van der Waals surface area contributed by atoms with Crippen molar-refractivity contribution in [3.8, 4) is 11.5 Å². The minimum absolute atomic E-state index is 0.0821. The molecular weight excluding hydrogens is 330 g/mol. The molecule has 0 aromatic heterocycles. The number of esters is 1. The third-order valence-electron chi connectivity index (χ3n) is 4.70. The van der Waals surface area contributed by atoms with Crippen molar-refractivity contribution in [1.29, 1.82) is 0 Å². The molecular formula is C21H33NO4. The molecule has 1 saturated heterocycles. The first kappa shape index (κ1) is 20.6. The highest BCUT2D eigenvalue weighted by atomic mass is 16.5. The molecule has 26 heavy (non-hydrogen) atoms. The van der Waals surface area contributed by atoms with Gasteiger partial charge in [0, 0.05) is 12.1 Å². The second kappa shape index (κ2) is 10.4. The summed E-state index contributed by atoms with van der Waals surface area (Å²) in [5.74, 6) is 0.633. The molecule has 0 bridgehead atoms. The van der Waals surface area contributed by atoms with E-state index >= 15 is 0 Å². The third-order valence-corrected chi connectivity index (χ3v) is 4.70. The molecule has 2 rings (SSSR count). The number of likely N-dealkylation sites (tertiary alicyclic amines) is 1. The monoisotopic (exact) mass is 363 g/mol. The number of ether oxygens (including phenoxy) is 2. The van der Waals surface area contributed by atoms with Crippen molar-refractivity contribution in [1.82, 2.24) is 4.90 Å². The van der Waals surface area contributed by atoms with Crippen LogP contribution in [0.4, 0.5) is 0 Å². The fraction of sp³-hybridized carbons (Fsp3) is 0.667.